The number of rotatable bonds is 26. The van der Waals surface area contributed by atoms with Crippen molar-refractivity contribution in [2.45, 2.75) is 129 Å². The zero-order chi connectivity index (χ0) is 30.8. The summed E-state index contributed by atoms with van der Waals surface area (Å²) >= 11 is 0. The summed E-state index contributed by atoms with van der Waals surface area (Å²) < 4.78 is 5.71. The van der Waals surface area contributed by atoms with Crippen molar-refractivity contribution < 1.29 is 14.3 Å². The second-order valence-corrected chi connectivity index (χ2v) is 12.3. The van der Waals surface area contributed by atoms with Gasteiger partial charge in [-0.15, -0.1) is 0 Å². The molecule has 0 heterocycles. The number of nitrogens with zero attached hydrogens (tertiary/aromatic N) is 2. The average molecular weight is 589 g/mol. The maximum Gasteiger partial charge on any atom is 0.412 e. The van der Waals surface area contributed by atoms with Gasteiger partial charge in [0.2, 0.25) is 5.91 Å². The Kier molecular flexibility index (Phi) is 22.7. The smallest absolute Gasteiger partial charge is 0.410 e. The van der Waals surface area contributed by atoms with Crippen molar-refractivity contribution in [2.75, 3.05) is 52.7 Å². The Morgan fingerprint density at radius 2 is 1.21 bits per heavy atom. The monoisotopic (exact) mass is 588 g/mol. The van der Waals surface area contributed by atoms with E-state index in [0.29, 0.717) is 31.7 Å². The van der Waals surface area contributed by atoms with Crippen LogP contribution in [0.15, 0.2) is 18.2 Å². The second kappa shape index (κ2) is 25.2. The maximum atomic E-state index is 12.5. The van der Waals surface area contributed by atoms with Crippen LogP contribution in [0.3, 0.4) is 0 Å². The van der Waals surface area contributed by atoms with E-state index in [-0.39, 0.29) is 5.91 Å². The third kappa shape index (κ3) is 20.6. The van der Waals surface area contributed by atoms with E-state index in [2.05, 4.69) is 22.5 Å². The van der Waals surface area contributed by atoms with Crippen molar-refractivity contribution in [3.05, 3.63) is 23.8 Å². The number of unbranched alkanes of at least 4 members (excludes halogenated alkanes) is 15. The van der Waals surface area contributed by atoms with Crippen LogP contribution in [-0.2, 0) is 11.2 Å². The molecule has 0 bridgehead atoms. The fraction of sp³-hybridized carbons (Fsp3) is 0.771. The van der Waals surface area contributed by atoms with Gasteiger partial charge in [0.05, 0.1) is 0 Å². The van der Waals surface area contributed by atoms with Crippen LogP contribution >= 0.6 is 0 Å². The van der Waals surface area contributed by atoms with E-state index in [1.165, 1.54) is 89.9 Å². The molecule has 2 N–H and O–H groups in total. The zero-order valence-electron chi connectivity index (χ0n) is 27.9. The fourth-order valence-electron chi connectivity index (χ4n) is 5.08. The van der Waals surface area contributed by atoms with Crippen molar-refractivity contribution in [1.82, 2.24) is 15.5 Å². The number of hydrogen-bond acceptors (Lipinski definition) is 5. The van der Waals surface area contributed by atoms with Gasteiger partial charge < -0.3 is 25.2 Å². The minimum Gasteiger partial charge on any atom is -0.410 e. The summed E-state index contributed by atoms with van der Waals surface area (Å²) in [5, 5.41) is 5.89. The third-order valence-corrected chi connectivity index (χ3v) is 7.80. The predicted octanol–water partition coefficient (Wildman–Crippen LogP) is 8.10. The minimum absolute atomic E-state index is 0.0179. The van der Waals surface area contributed by atoms with Crippen molar-refractivity contribution >= 4 is 17.7 Å². The van der Waals surface area contributed by atoms with Crippen molar-refractivity contribution in [3.8, 4) is 5.75 Å². The molecule has 7 heteroatoms. The first kappa shape index (κ1) is 37.7. The van der Waals surface area contributed by atoms with Crippen LogP contribution in [0.2, 0.25) is 0 Å². The summed E-state index contributed by atoms with van der Waals surface area (Å²) in [6, 6.07) is 5.82. The standard InChI is InChI=1S/C35H64N4O3/c1-6-7-8-9-10-11-12-13-14-15-16-17-18-19-20-21-27-37-35(41)42-33-30-32(39(4)5)25-23-31(33)24-26-34(40)36-28-22-29-38(2)3/h23,25,30H,6-22,24,26-29H2,1-5H3,(H,36,40)(H,37,41). The van der Waals surface area contributed by atoms with Gasteiger partial charge in [0.15, 0.2) is 0 Å². The highest BCUT2D eigenvalue weighted by molar-refractivity contribution is 5.76. The Labute approximate surface area is 258 Å². The van der Waals surface area contributed by atoms with Gasteiger partial charge in [0, 0.05) is 45.4 Å². The van der Waals surface area contributed by atoms with E-state index in [4.69, 9.17) is 4.74 Å². The van der Waals surface area contributed by atoms with Crippen molar-refractivity contribution in [1.29, 1.82) is 0 Å². The molecule has 7 nitrogen and oxygen atoms in total. The summed E-state index contributed by atoms with van der Waals surface area (Å²) in [7, 11) is 7.96. The van der Waals surface area contributed by atoms with Crippen LogP contribution in [0.25, 0.3) is 0 Å². The molecule has 242 valence electrons. The minimum atomic E-state index is -0.429. The Hall–Kier alpha value is -2.28. The van der Waals surface area contributed by atoms with E-state index in [1.807, 2.05) is 51.3 Å². The Bertz CT molecular complexity index is 828. The number of hydrogen-bond donors (Lipinski definition) is 2. The number of nitrogens with one attached hydrogen (secondary N) is 2. The van der Waals surface area contributed by atoms with Crippen LogP contribution in [0.4, 0.5) is 10.5 Å². The summed E-state index contributed by atoms with van der Waals surface area (Å²) in [4.78, 5) is 28.9. The summed E-state index contributed by atoms with van der Waals surface area (Å²) in [5.74, 6) is 0.537. The summed E-state index contributed by atoms with van der Waals surface area (Å²) in [5.41, 5.74) is 1.81. The molecule has 0 fully saturated rings. The first-order chi connectivity index (χ1) is 20.3. The highest BCUT2D eigenvalue weighted by Gasteiger charge is 2.13. The van der Waals surface area contributed by atoms with Gasteiger partial charge in [-0.1, -0.05) is 109 Å². The molecule has 1 aromatic rings. The molecule has 0 aliphatic carbocycles. The van der Waals surface area contributed by atoms with Crippen molar-refractivity contribution in [2.24, 2.45) is 0 Å². The average Bonchev–Trinajstić information content (AvgIpc) is 2.96. The van der Waals surface area contributed by atoms with E-state index >= 15 is 0 Å². The van der Waals surface area contributed by atoms with Crippen LogP contribution in [0.1, 0.15) is 128 Å². The van der Waals surface area contributed by atoms with Gasteiger partial charge in [0.25, 0.3) is 0 Å². The Morgan fingerprint density at radius 3 is 1.74 bits per heavy atom. The molecule has 0 aromatic heterocycles. The molecule has 0 atom stereocenters. The molecule has 2 amide bonds. The normalized spacial score (nSPS) is 11.1. The first-order valence-corrected chi connectivity index (χ1v) is 17.0. The molecule has 1 aromatic carbocycles. The number of carbonyl (C=O) groups excluding carboxylic acids is 2. The molecular weight excluding hydrogens is 524 g/mol. The predicted molar refractivity (Wildman–Crippen MR) is 179 cm³/mol. The van der Waals surface area contributed by atoms with E-state index in [1.54, 1.807) is 0 Å². The van der Waals surface area contributed by atoms with Crippen LogP contribution < -0.4 is 20.3 Å². The Balaban J connectivity index is 2.19. The molecule has 0 saturated heterocycles. The number of aryl methyl sites for hydroxylation is 1. The van der Waals surface area contributed by atoms with Gasteiger partial charge in [-0.2, -0.15) is 0 Å². The van der Waals surface area contributed by atoms with Crippen LogP contribution in [-0.4, -0.2) is 64.7 Å². The molecule has 0 saturated carbocycles. The molecular formula is C35H64N4O3. The van der Waals surface area contributed by atoms with Gasteiger partial charge in [-0.3, -0.25) is 4.79 Å². The molecule has 0 unspecified atom stereocenters. The highest BCUT2D eigenvalue weighted by atomic mass is 16.6. The molecule has 0 spiro atoms. The van der Waals surface area contributed by atoms with Crippen molar-refractivity contribution in [3.63, 3.8) is 0 Å². The molecule has 1 rings (SSSR count). The summed E-state index contributed by atoms with van der Waals surface area (Å²) in [6.07, 6.45) is 22.7. The number of benzene rings is 1. The van der Waals surface area contributed by atoms with Gasteiger partial charge >= 0.3 is 6.09 Å². The Morgan fingerprint density at radius 1 is 0.690 bits per heavy atom. The topological polar surface area (TPSA) is 73.9 Å². The lowest BCUT2D eigenvalue weighted by Crippen LogP contribution is -2.28. The third-order valence-electron chi connectivity index (χ3n) is 7.80. The number of carbonyl (C=O) groups is 2. The molecule has 0 radical (unpaired) electrons. The van der Waals surface area contributed by atoms with Gasteiger partial charge in [-0.25, -0.2) is 4.79 Å². The van der Waals surface area contributed by atoms with E-state index in [0.717, 1.165) is 37.1 Å². The van der Waals surface area contributed by atoms with E-state index < -0.39 is 6.09 Å². The second-order valence-electron chi connectivity index (χ2n) is 12.3. The highest BCUT2D eigenvalue weighted by Crippen LogP contribution is 2.26. The SMILES string of the molecule is CCCCCCCCCCCCCCCCCCNC(=O)Oc1cc(N(C)C)ccc1CCC(=O)NCCCN(C)C. The summed E-state index contributed by atoms with van der Waals surface area (Å²) in [6.45, 7) is 4.51. The lowest BCUT2D eigenvalue weighted by atomic mass is 10.0. The zero-order valence-corrected chi connectivity index (χ0v) is 27.9. The molecule has 0 aliphatic heterocycles. The first-order valence-electron chi connectivity index (χ1n) is 17.0. The van der Waals surface area contributed by atoms with Gasteiger partial charge in [-0.05, 0) is 51.5 Å². The lowest BCUT2D eigenvalue weighted by molar-refractivity contribution is -0.121. The fourth-order valence-corrected chi connectivity index (χ4v) is 5.08. The number of amides is 2. The molecule has 0 aliphatic rings. The number of anilines is 1. The largest absolute Gasteiger partial charge is 0.412 e. The number of ether oxygens (including phenoxy) is 1. The lowest BCUT2D eigenvalue weighted by Gasteiger charge is -2.17. The van der Waals surface area contributed by atoms with E-state index in [9.17, 15) is 9.59 Å². The van der Waals surface area contributed by atoms with Crippen LogP contribution in [0, 0.1) is 0 Å². The van der Waals surface area contributed by atoms with Crippen LogP contribution in [0.5, 0.6) is 5.75 Å². The molecule has 42 heavy (non-hydrogen) atoms. The van der Waals surface area contributed by atoms with Gasteiger partial charge in [0.1, 0.15) is 5.75 Å². The quantitative estimate of drug-likeness (QED) is 0.107. The maximum absolute atomic E-state index is 12.5.